The zero-order valence-electron chi connectivity index (χ0n) is 12.3. The molecule has 1 unspecified atom stereocenters. The van der Waals surface area contributed by atoms with E-state index in [1.54, 1.807) is 19.9 Å². The molecule has 21 heavy (non-hydrogen) atoms. The first-order chi connectivity index (χ1) is 9.85. The van der Waals surface area contributed by atoms with Crippen LogP contribution in [0.25, 0.3) is 11.1 Å². The van der Waals surface area contributed by atoms with Crippen LogP contribution in [0.1, 0.15) is 36.1 Å². The van der Waals surface area contributed by atoms with Crippen LogP contribution in [0.4, 0.5) is 13.2 Å². The summed E-state index contributed by atoms with van der Waals surface area (Å²) in [5.41, 5.74) is 8.57. The van der Waals surface area contributed by atoms with Crippen LogP contribution in [-0.2, 0) is 0 Å². The first-order valence-electron chi connectivity index (χ1n) is 6.86. The fraction of sp³-hybridized carbons (Fsp3) is 0.294. The maximum atomic E-state index is 13.9. The molecule has 0 aliphatic heterocycles. The van der Waals surface area contributed by atoms with Crippen molar-refractivity contribution in [1.82, 2.24) is 0 Å². The highest BCUT2D eigenvalue weighted by Crippen LogP contribution is 2.32. The molecule has 1 atom stereocenters. The Morgan fingerprint density at radius 3 is 2.10 bits per heavy atom. The van der Waals surface area contributed by atoms with Gasteiger partial charge in [0.15, 0.2) is 11.6 Å². The summed E-state index contributed by atoms with van der Waals surface area (Å²) in [6.45, 7) is 5.29. The van der Waals surface area contributed by atoms with Gasteiger partial charge in [-0.25, -0.2) is 13.2 Å². The van der Waals surface area contributed by atoms with E-state index < -0.39 is 17.7 Å². The summed E-state index contributed by atoms with van der Waals surface area (Å²) in [4.78, 5) is 0. The van der Waals surface area contributed by atoms with Gasteiger partial charge in [-0.1, -0.05) is 6.92 Å². The van der Waals surface area contributed by atoms with Crippen molar-refractivity contribution < 1.29 is 13.2 Å². The number of hydrogen-bond acceptors (Lipinski definition) is 1. The van der Waals surface area contributed by atoms with Crippen LogP contribution >= 0.6 is 0 Å². The van der Waals surface area contributed by atoms with Crippen molar-refractivity contribution in [3.8, 4) is 11.1 Å². The molecule has 0 saturated carbocycles. The van der Waals surface area contributed by atoms with Crippen LogP contribution < -0.4 is 5.73 Å². The van der Waals surface area contributed by atoms with Crippen molar-refractivity contribution >= 4 is 0 Å². The van der Waals surface area contributed by atoms with E-state index >= 15 is 0 Å². The molecule has 0 aromatic heterocycles. The van der Waals surface area contributed by atoms with Crippen LogP contribution in [0.2, 0.25) is 0 Å². The molecule has 112 valence electrons. The Bertz CT molecular complexity index is 657. The van der Waals surface area contributed by atoms with Gasteiger partial charge in [0.1, 0.15) is 5.82 Å². The smallest absolute Gasteiger partial charge is 0.163 e. The first-order valence-corrected chi connectivity index (χ1v) is 6.86. The lowest BCUT2D eigenvalue weighted by atomic mass is 9.92. The summed E-state index contributed by atoms with van der Waals surface area (Å²) in [6, 6.07) is 4.88. The summed E-state index contributed by atoms with van der Waals surface area (Å²) in [5.74, 6) is -2.19. The summed E-state index contributed by atoms with van der Waals surface area (Å²) in [5, 5.41) is 0. The predicted octanol–water partition coefficient (Wildman–Crippen LogP) is 4.80. The number of aryl methyl sites for hydroxylation is 2. The Kier molecular flexibility index (Phi) is 4.37. The topological polar surface area (TPSA) is 26.0 Å². The van der Waals surface area contributed by atoms with E-state index in [2.05, 4.69) is 0 Å². The molecule has 2 aromatic rings. The molecule has 0 spiro atoms. The van der Waals surface area contributed by atoms with E-state index in [1.165, 1.54) is 12.1 Å². The summed E-state index contributed by atoms with van der Waals surface area (Å²) in [6.07, 6.45) is 0.501. The average Bonchev–Trinajstić information content (AvgIpc) is 2.40. The monoisotopic (exact) mass is 293 g/mol. The van der Waals surface area contributed by atoms with Gasteiger partial charge >= 0.3 is 0 Å². The second kappa shape index (κ2) is 5.90. The molecule has 0 aliphatic carbocycles. The van der Waals surface area contributed by atoms with Crippen molar-refractivity contribution in [3.63, 3.8) is 0 Å². The van der Waals surface area contributed by atoms with Crippen molar-refractivity contribution in [2.24, 2.45) is 5.73 Å². The lowest BCUT2D eigenvalue weighted by molar-refractivity contribution is 0.487. The van der Waals surface area contributed by atoms with Crippen molar-refractivity contribution in [3.05, 3.63) is 58.4 Å². The van der Waals surface area contributed by atoms with Gasteiger partial charge in [-0.2, -0.15) is 0 Å². The largest absolute Gasteiger partial charge is 0.324 e. The molecular weight excluding hydrogens is 275 g/mol. The van der Waals surface area contributed by atoms with E-state index in [0.717, 1.165) is 6.07 Å². The second-order valence-corrected chi connectivity index (χ2v) is 5.29. The van der Waals surface area contributed by atoms with Gasteiger partial charge in [-0.05, 0) is 66.8 Å². The lowest BCUT2D eigenvalue weighted by Gasteiger charge is -2.16. The Morgan fingerprint density at radius 1 is 1.00 bits per heavy atom. The highest BCUT2D eigenvalue weighted by atomic mass is 19.2. The number of halogens is 3. The van der Waals surface area contributed by atoms with Gasteiger partial charge in [-0.15, -0.1) is 0 Å². The maximum Gasteiger partial charge on any atom is 0.163 e. The van der Waals surface area contributed by atoms with Crippen molar-refractivity contribution in [2.75, 3.05) is 0 Å². The molecule has 0 radical (unpaired) electrons. The van der Waals surface area contributed by atoms with E-state index in [0.29, 0.717) is 28.7 Å². The molecule has 0 amide bonds. The molecule has 0 aliphatic rings. The van der Waals surface area contributed by atoms with Crippen LogP contribution in [0, 0.1) is 31.3 Å². The van der Waals surface area contributed by atoms with Gasteiger partial charge in [0, 0.05) is 11.6 Å². The standard InChI is InChI=1S/C17H18F3N/c1-4-15(21)13-7-11(8-14(19)17(13)20)16-9(2)5-12(18)6-10(16)3/h5-8,15H,4,21H2,1-3H3. The zero-order valence-corrected chi connectivity index (χ0v) is 12.3. The highest BCUT2D eigenvalue weighted by molar-refractivity contribution is 5.71. The Labute approximate surface area is 122 Å². The summed E-state index contributed by atoms with van der Waals surface area (Å²) in [7, 11) is 0. The van der Waals surface area contributed by atoms with Crippen LogP contribution in [-0.4, -0.2) is 0 Å². The Morgan fingerprint density at radius 2 is 1.57 bits per heavy atom. The van der Waals surface area contributed by atoms with Gasteiger partial charge in [-0.3, -0.25) is 0 Å². The van der Waals surface area contributed by atoms with Gasteiger partial charge in [0.25, 0.3) is 0 Å². The normalized spacial score (nSPS) is 12.5. The number of hydrogen-bond donors (Lipinski definition) is 1. The predicted molar refractivity (Wildman–Crippen MR) is 78.4 cm³/mol. The minimum Gasteiger partial charge on any atom is -0.324 e. The van der Waals surface area contributed by atoms with Gasteiger partial charge < -0.3 is 5.73 Å². The van der Waals surface area contributed by atoms with Crippen molar-refractivity contribution in [1.29, 1.82) is 0 Å². The molecular formula is C17H18F3N. The van der Waals surface area contributed by atoms with E-state index in [4.69, 9.17) is 5.73 Å². The number of nitrogens with two attached hydrogens (primary N) is 1. The maximum absolute atomic E-state index is 13.9. The fourth-order valence-corrected chi connectivity index (χ4v) is 2.61. The summed E-state index contributed by atoms with van der Waals surface area (Å²) >= 11 is 0. The molecule has 2 N–H and O–H groups in total. The Hall–Kier alpha value is -1.81. The Balaban J connectivity index is 2.68. The summed E-state index contributed by atoms with van der Waals surface area (Å²) < 4.78 is 41.1. The zero-order chi connectivity index (χ0) is 15.7. The third-order valence-electron chi connectivity index (χ3n) is 3.68. The van der Waals surface area contributed by atoms with Crippen LogP contribution in [0.3, 0.4) is 0 Å². The molecule has 1 nitrogen and oxygen atoms in total. The second-order valence-electron chi connectivity index (χ2n) is 5.29. The SMILES string of the molecule is CCC(N)c1cc(-c2c(C)cc(F)cc2C)cc(F)c1F. The van der Waals surface area contributed by atoms with Crippen molar-refractivity contribution in [2.45, 2.75) is 33.2 Å². The van der Waals surface area contributed by atoms with Gasteiger partial charge in [0.2, 0.25) is 0 Å². The molecule has 0 heterocycles. The quantitative estimate of drug-likeness (QED) is 0.864. The van der Waals surface area contributed by atoms with E-state index in [-0.39, 0.29) is 11.4 Å². The first kappa shape index (κ1) is 15.6. The molecule has 0 saturated heterocycles. The third-order valence-corrected chi connectivity index (χ3v) is 3.68. The van der Waals surface area contributed by atoms with Gasteiger partial charge in [0.05, 0.1) is 0 Å². The lowest BCUT2D eigenvalue weighted by Crippen LogP contribution is -2.12. The molecule has 4 heteroatoms. The van der Waals surface area contributed by atoms with Crippen LogP contribution in [0.5, 0.6) is 0 Å². The van der Waals surface area contributed by atoms with Crippen LogP contribution in [0.15, 0.2) is 24.3 Å². The number of rotatable bonds is 3. The average molecular weight is 293 g/mol. The van der Waals surface area contributed by atoms with E-state index in [1.807, 2.05) is 6.92 Å². The molecule has 2 rings (SSSR count). The third kappa shape index (κ3) is 2.95. The van der Waals surface area contributed by atoms with E-state index in [9.17, 15) is 13.2 Å². The fourth-order valence-electron chi connectivity index (χ4n) is 2.61. The molecule has 0 bridgehead atoms. The molecule has 0 fully saturated rings. The molecule has 2 aromatic carbocycles. The highest BCUT2D eigenvalue weighted by Gasteiger charge is 2.18. The minimum absolute atomic E-state index is 0.149. The minimum atomic E-state index is -0.936. The number of benzene rings is 2.